The van der Waals surface area contributed by atoms with Gasteiger partial charge >= 0.3 is 0 Å². The fraction of sp³-hybridized carbons (Fsp3) is 0.0952. The van der Waals surface area contributed by atoms with Crippen molar-refractivity contribution in [3.63, 3.8) is 0 Å². The van der Waals surface area contributed by atoms with Crippen LogP contribution >= 0.6 is 0 Å². The summed E-state index contributed by atoms with van der Waals surface area (Å²) in [4.78, 5) is 23.2. The highest BCUT2D eigenvalue weighted by Gasteiger charge is 2.27. The number of furan rings is 1. The van der Waals surface area contributed by atoms with Gasteiger partial charge in [0.2, 0.25) is 6.10 Å². The SMILES string of the molecule is O=C([O-])c1cccc(-c2ccc(/C=N\NC(=O)[C@@H]3COc4ccccc4O3)o2)c1. The lowest BCUT2D eigenvalue weighted by Gasteiger charge is -2.24. The summed E-state index contributed by atoms with van der Waals surface area (Å²) in [5.74, 6) is 0.207. The molecule has 1 aliphatic rings. The minimum absolute atomic E-state index is 0.0534. The first-order chi connectivity index (χ1) is 14.1. The number of hydrogen-bond donors (Lipinski definition) is 1. The third kappa shape index (κ3) is 4.11. The maximum Gasteiger partial charge on any atom is 0.284 e. The van der Waals surface area contributed by atoms with Gasteiger partial charge in [-0.1, -0.05) is 30.3 Å². The quantitative estimate of drug-likeness (QED) is 0.522. The number of aromatic carboxylic acids is 1. The molecular weight excluding hydrogens is 376 g/mol. The van der Waals surface area contributed by atoms with E-state index in [-0.39, 0.29) is 12.2 Å². The Morgan fingerprint density at radius 1 is 1.07 bits per heavy atom. The second kappa shape index (κ2) is 7.89. The molecule has 1 aliphatic heterocycles. The molecule has 8 nitrogen and oxygen atoms in total. The molecule has 0 spiro atoms. The summed E-state index contributed by atoms with van der Waals surface area (Å²) in [6, 6.07) is 16.6. The Morgan fingerprint density at radius 2 is 1.90 bits per heavy atom. The molecule has 0 unspecified atom stereocenters. The lowest BCUT2D eigenvalue weighted by molar-refractivity contribution is -0.255. The number of para-hydroxylation sites is 2. The number of ether oxygens (including phenoxy) is 2. The molecule has 3 aromatic rings. The first-order valence-corrected chi connectivity index (χ1v) is 8.73. The van der Waals surface area contributed by atoms with Crippen LogP contribution in [0.4, 0.5) is 0 Å². The average Bonchev–Trinajstić information content (AvgIpc) is 3.22. The minimum atomic E-state index is -1.26. The fourth-order valence-electron chi connectivity index (χ4n) is 2.76. The topological polar surface area (TPSA) is 113 Å². The number of fused-ring (bicyclic) bond motifs is 1. The minimum Gasteiger partial charge on any atom is -0.545 e. The Bertz CT molecular complexity index is 1090. The Kier molecular flexibility index (Phi) is 4.98. The van der Waals surface area contributed by atoms with E-state index in [1.165, 1.54) is 18.3 Å². The number of nitrogens with one attached hydrogen (secondary N) is 1. The van der Waals surface area contributed by atoms with Gasteiger partial charge in [-0.25, -0.2) is 5.43 Å². The zero-order valence-electron chi connectivity index (χ0n) is 15.0. The van der Waals surface area contributed by atoms with Gasteiger partial charge in [0, 0.05) is 5.56 Å². The predicted molar refractivity (Wildman–Crippen MR) is 101 cm³/mol. The predicted octanol–water partition coefficient (Wildman–Crippen LogP) is 1.60. The van der Waals surface area contributed by atoms with E-state index >= 15 is 0 Å². The first-order valence-electron chi connectivity index (χ1n) is 8.73. The van der Waals surface area contributed by atoms with Crippen molar-refractivity contribution in [3.8, 4) is 22.8 Å². The van der Waals surface area contributed by atoms with Crippen LogP contribution in [0, 0.1) is 0 Å². The number of benzene rings is 2. The molecule has 1 amide bonds. The lowest BCUT2D eigenvalue weighted by atomic mass is 10.1. The number of amides is 1. The van der Waals surface area contributed by atoms with Crippen molar-refractivity contribution in [2.24, 2.45) is 5.10 Å². The summed E-state index contributed by atoms with van der Waals surface area (Å²) < 4.78 is 16.7. The number of carbonyl (C=O) groups is 2. The summed E-state index contributed by atoms with van der Waals surface area (Å²) in [6.07, 6.45) is 0.517. The molecule has 0 fully saturated rings. The van der Waals surface area contributed by atoms with E-state index in [1.807, 2.05) is 6.07 Å². The Labute approximate surface area is 165 Å². The van der Waals surface area contributed by atoms with Crippen LogP contribution in [0.1, 0.15) is 16.1 Å². The van der Waals surface area contributed by atoms with Gasteiger partial charge < -0.3 is 23.8 Å². The maximum absolute atomic E-state index is 12.2. The summed E-state index contributed by atoms with van der Waals surface area (Å²) in [7, 11) is 0. The average molecular weight is 391 g/mol. The summed E-state index contributed by atoms with van der Waals surface area (Å²) >= 11 is 0. The maximum atomic E-state index is 12.2. The van der Waals surface area contributed by atoms with Crippen molar-refractivity contribution in [2.45, 2.75) is 6.10 Å². The molecule has 146 valence electrons. The van der Waals surface area contributed by atoms with Gasteiger partial charge in [0.05, 0.1) is 12.2 Å². The van der Waals surface area contributed by atoms with Crippen molar-refractivity contribution < 1.29 is 28.6 Å². The molecule has 0 saturated heterocycles. The number of hydrazone groups is 1. The standard InChI is InChI=1S/C21H16N2O6/c24-20(19-12-27-17-6-1-2-7-18(17)29-19)23-22-11-15-8-9-16(28-15)13-4-3-5-14(10-13)21(25)26/h1-11,19H,12H2,(H,23,24)(H,25,26)/p-1/b22-11-/t19-/m0/s1. The van der Waals surface area contributed by atoms with E-state index in [0.29, 0.717) is 28.6 Å². The van der Waals surface area contributed by atoms with Gasteiger partial charge in [-0.15, -0.1) is 0 Å². The highest BCUT2D eigenvalue weighted by molar-refractivity contribution is 5.88. The molecule has 0 radical (unpaired) electrons. The molecule has 1 N–H and O–H groups in total. The van der Waals surface area contributed by atoms with E-state index in [0.717, 1.165) is 0 Å². The molecule has 8 heteroatoms. The van der Waals surface area contributed by atoms with E-state index < -0.39 is 18.0 Å². The lowest BCUT2D eigenvalue weighted by Crippen LogP contribution is -2.42. The number of nitrogens with zero attached hydrogens (tertiary/aromatic N) is 1. The third-order valence-electron chi connectivity index (χ3n) is 4.18. The Hall–Kier alpha value is -4.07. The van der Waals surface area contributed by atoms with E-state index in [2.05, 4.69) is 10.5 Å². The van der Waals surface area contributed by atoms with Crippen molar-refractivity contribution in [1.82, 2.24) is 5.43 Å². The Morgan fingerprint density at radius 3 is 2.72 bits per heavy atom. The van der Waals surface area contributed by atoms with Gasteiger partial charge in [0.1, 0.15) is 18.1 Å². The second-order valence-corrected chi connectivity index (χ2v) is 6.17. The van der Waals surface area contributed by atoms with Crippen molar-refractivity contribution in [1.29, 1.82) is 0 Å². The van der Waals surface area contributed by atoms with Crippen molar-refractivity contribution in [2.75, 3.05) is 6.61 Å². The van der Waals surface area contributed by atoms with E-state index in [9.17, 15) is 14.7 Å². The Balaban J connectivity index is 1.37. The normalized spacial score (nSPS) is 15.2. The van der Waals surface area contributed by atoms with Crippen molar-refractivity contribution in [3.05, 3.63) is 72.0 Å². The fourth-order valence-corrected chi connectivity index (χ4v) is 2.76. The van der Waals surface area contributed by atoms with Crippen LogP contribution in [0.5, 0.6) is 11.5 Å². The van der Waals surface area contributed by atoms with Crippen LogP contribution in [-0.4, -0.2) is 30.8 Å². The smallest absolute Gasteiger partial charge is 0.284 e. The van der Waals surface area contributed by atoms with Gasteiger partial charge in [-0.05, 0) is 35.9 Å². The van der Waals surface area contributed by atoms with E-state index in [1.54, 1.807) is 42.5 Å². The van der Waals surface area contributed by atoms with Crippen LogP contribution in [0.2, 0.25) is 0 Å². The van der Waals surface area contributed by atoms with Gasteiger partial charge in [0.25, 0.3) is 5.91 Å². The molecule has 0 aliphatic carbocycles. The van der Waals surface area contributed by atoms with Crippen LogP contribution < -0.4 is 20.0 Å². The van der Waals surface area contributed by atoms with Crippen LogP contribution in [0.25, 0.3) is 11.3 Å². The highest BCUT2D eigenvalue weighted by atomic mass is 16.6. The molecule has 2 heterocycles. The molecular formula is C21H15N2O6-. The molecule has 29 heavy (non-hydrogen) atoms. The second-order valence-electron chi connectivity index (χ2n) is 6.17. The molecule has 4 rings (SSSR count). The van der Waals surface area contributed by atoms with Gasteiger partial charge in [-0.2, -0.15) is 5.10 Å². The van der Waals surface area contributed by atoms with Crippen molar-refractivity contribution >= 4 is 18.1 Å². The summed E-state index contributed by atoms with van der Waals surface area (Å²) in [6.45, 7) is 0.0814. The summed E-state index contributed by atoms with van der Waals surface area (Å²) in [5.41, 5.74) is 3.02. The van der Waals surface area contributed by atoms with Crippen LogP contribution in [-0.2, 0) is 4.79 Å². The molecule has 2 aromatic carbocycles. The number of hydrogen-bond acceptors (Lipinski definition) is 7. The van der Waals surface area contributed by atoms with Gasteiger partial charge in [0.15, 0.2) is 11.5 Å². The number of carboxylic acids is 1. The number of rotatable bonds is 5. The third-order valence-corrected chi connectivity index (χ3v) is 4.18. The molecule has 0 saturated carbocycles. The van der Waals surface area contributed by atoms with E-state index in [4.69, 9.17) is 13.9 Å². The zero-order chi connectivity index (χ0) is 20.2. The molecule has 0 bridgehead atoms. The number of carbonyl (C=O) groups excluding carboxylic acids is 2. The largest absolute Gasteiger partial charge is 0.545 e. The highest BCUT2D eigenvalue weighted by Crippen LogP contribution is 2.30. The number of carboxylic acid groups (broad SMARTS) is 1. The van der Waals surface area contributed by atoms with Gasteiger partial charge in [-0.3, -0.25) is 4.79 Å². The zero-order valence-corrected chi connectivity index (χ0v) is 15.0. The monoisotopic (exact) mass is 391 g/mol. The molecule has 1 aromatic heterocycles. The first kappa shape index (κ1) is 18.3. The molecule has 1 atom stereocenters. The van der Waals surface area contributed by atoms with Crippen LogP contribution in [0.15, 0.2) is 70.2 Å². The van der Waals surface area contributed by atoms with Crippen LogP contribution in [0.3, 0.4) is 0 Å². The summed E-state index contributed by atoms with van der Waals surface area (Å²) in [5, 5.41) is 14.8.